The number of hydrogen-bond acceptors (Lipinski definition) is 12. The number of phenols is 1. The Balaban J connectivity index is -0.000000197. The van der Waals surface area contributed by atoms with Gasteiger partial charge < -0.3 is 47.2 Å². The molecule has 0 saturated carbocycles. The third kappa shape index (κ3) is 42.5. The van der Waals surface area contributed by atoms with E-state index in [0.717, 1.165) is 66.7 Å². The fraction of sp³-hybridized carbons (Fsp3) is 0.612. The van der Waals surface area contributed by atoms with E-state index in [4.69, 9.17) is 40.6 Å². The molecule has 390 valence electrons. The van der Waals surface area contributed by atoms with Gasteiger partial charge in [-0.3, -0.25) is 4.79 Å². The number of carbonyl (C=O) groups is 1. The van der Waals surface area contributed by atoms with Gasteiger partial charge in [0.05, 0.1) is 51.3 Å². The molecule has 14 nitrogen and oxygen atoms in total. The zero-order valence-corrected chi connectivity index (χ0v) is 54.5. The van der Waals surface area contributed by atoms with Crippen molar-refractivity contribution in [1.29, 1.82) is 0 Å². The molecule has 0 aromatic heterocycles. The third-order valence-electron chi connectivity index (χ3n) is 8.91. The number of nitrogens with one attached hydrogen (secondary N) is 2. The molecule has 3 aromatic rings. The van der Waals surface area contributed by atoms with Crippen molar-refractivity contribution >= 4 is 56.0 Å². The fourth-order valence-electron chi connectivity index (χ4n) is 5.24. The smallest absolute Gasteiger partial charge is 1.00 e. The Morgan fingerprint density at radius 1 is 0.696 bits per heavy atom. The summed E-state index contributed by atoms with van der Waals surface area (Å²) >= 11 is 7.64. The van der Waals surface area contributed by atoms with Crippen LogP contribution in [-0.4, -0.2) is 108 Å². The molecule has 8 N–H and O–H groups in total. The number of alkyl halides is 2. The van der Waals surface area contributed by atoms with Gasteiger partial charge >= 0.3 is 103 Å². The van der Waals surface area contributed by atoms with Crippen LogP contribution < -0.4 is 133 Å². The number of halogens is 2. The first-order valence-corrected chi connectivity index (χ1v) is 26.4. The largest absolute Gasteiger partial charge is 1.00 e. The molecule has 0 saturated heterocycles. The van der Waals surface area contributed by atoms with Gasteiger partial charge in [0.15, 0.2) is 0 Å². The second-order valence-electron chi connectivity index (χ2n) is 17.5. The summed E-state index contributed by atoms with van der Waals surface area (Å²) in [6.45, 7) is 24.7. The summed E-state index contributed by atoms with van der Waals surface area (Å²) in [5.41, 5.74) is 12.5. The second kappa shape index (κ2) is 47.1. The number of carbonyl (C=O) groups excluding carboxylic acids is 1. The van der Waals surface area contributed by atoms with Crippen molar-refractivity contribution in [3.8, 4) is 17.2 Å². The molecule has 20 heteroatoms. The van der Waals surface area contributed by atoms with E-state index in [0.29, 0.717) is 24.3 Å². The molecule has 0 aliphatic carbocycles. The first kappa shape index (κ1) is 78.5. The molecule has 0 unspecified atom stereocenters. The van der Waals surface area contributed by atoms with Crippen LogP contribution in [0.5, 0.6) is 17.2 Å². The molecule has 0 spiro atoms. The Kier molecular flexibility index (Phi) is 53.5. The number of hydrogen-bond donors (Lipinski definition) is 7. The van der Waals surface area contributed by atoms with Gasteiger partial charge in [0, 0.05) is 29.8 Å². The zero-order valence-electron chi connectivity index (χ0n) is 45.3. The first-order valence-electron chi connectivity index (χ1n) is 22.2. The van der Waals surface area contributed by atoms with Gasteiger partial charge in [-0.1, -0.05) is 52.3 Å². The average molecular weight is 1150 g/mol. The van der Waals surface area contributed by atoms with E-state index in [-0.39, 0.29) is 158 Å². The van der Waals surface area contributed by atoms with Crippen LogP contribution in [0.15, 0.2) is 54.6 Å². The van der Waals surface area contributed by atoms with Crippen LogP contribution in [0, 0.1) is 20.8 Å². The first-order chi connectivity index (χ1) is 31.4. The van der Waals surface area contributed by atoms with Crippen molar-refractivity contribution in [1.82, 2.24) is 9.44 Å². The summed E-state index contributed by atoms with van der Waals surface area (Å²) in [6.07, 6.45) is 7.16. The summed E-state index contributed by atoms with van der Waals surface area (Å²) in [4.78, 5) is 11.2. The minimum Gasteiger partial charge on any atom is -1.00 e. The summed E-state index contributed by atoms with van der Waals surface area (Å²) < 4.78 is 40.7. The number of aromatic hydroxyl groups is 1. The number of aryl methyl sites for hydroxylation is 6. The van der Waals surface area contributed by atoms with Gasteiger partial charge in [0.25, 0.3) is 6.47 Å². The standard InChI is InChI=1S/C17H29NO3S.C15H25NO2S.C13H21NO2.C2H5BrO.CH3Cl.CH2O3.2K.H/c1-13-12-15(8-9-16(13)21-11-10-19)7-6-14(2)18-22(20)17(3,4)5;1-11-10-13(8-9-14(11)17)7-6-12(2)16-19(18)15(3,4)5;1-10-9-12(4-3-11(2)14)5-6-13(10)16-8-7-15;3-1-2-4;1-2;2-1-4-3;;;/h8-9,12,14,18-19H,6-7,10-11H2,1-5H3;8-10,12,16-17H,6-7H2,1-5H3;5-6,9,11,15H,3-4,7-8,14H2,1-2H3;4H,1-2H2;1H3;1,3H;;;/q;;;;;;2*+1;-1/p-1/t14-,22-;12-,19-;11-;;;;;;/m111....../s1. The van der Waals surface area contributed by atoms with Crippen LogP contribution in [0.4, 0.5) is 0 Å². The van der Waals surface area contributed by atoms with Crippen molar-refractivity contribution < 1.29 is 157 Å². The van der Waals surface area contributed by atoms with Crippen LogP contribution in [0.2, 0.25) is 0 Å². The van der Waals surface area contributed by atoms with Gasteiger partial charge in [-0.15, -0.1) is 11.6 Å². The molecule has 0 amide bonds. The predicted octanol–water partition coefficient (Wildman–Crippen LogP) is 1.24. The number of nitrogens with two attached hydrogens (primary N) is 1. The molecule has 3 rings (SSSR count). The molecule has 3 aromatic carbocycles. The van der Waals surface area contributed by atoms with Crippen LogP contribution in [0.3, 0.4) is 0 Å². The molecule has 69 heavy (non-hydrogen) atoms. The number of phenolic OH excluding ortho intramolecular Hbond substituents is 1. The Bertz CT molecular complexity index is 1800. The average Bonchev–Trinajstić information content (AvgIpc) is 3.28. The molecule has 0 aliphatic rings. The van der Waals surface area contributed by atoms with Gasteiger partial charge in [0.1, 0.15) is 30.5 Å². The number of aliphatic hydroxyl groups excluding tert-OH is 3. The number of rotatable bonds is 21. The van der Waals surface area contributed by atoms with E-state index in [1.54, 1.807) is 6.07 Å². The Morgan fingerprint density at radius 3 is 1.28 bits per heavy atom. The maximum atomic E-state index is 12.0. The van der Waals surface area contributed by atoms with E-state index < -0.39 is 22.0 Å². The molecule has 0 radical (unpaired) electrons. The predicted molar refractivity (Wildman–Crippen MR) is 281 cm³/mol. The van der Waals surface area contributed by atoms with Crippen LogP contribution in [0.25, 0.3) is 0 Å². The molecular formula is C49H85BrClK2N3O11S2. The second-order valence-corrected chi connectivity index (χ2v) is 22.3. The van der Waals surface area contributed by atoms with E-state index in [2.05, 4.69) is 73.9 Å². The molecule has 0 bridgehead atoms. The van der Waals surface area contributed by atoms with Gasteiger partial charge in [0.2, 0.25) is 0 Å². The number of benzene rings is 3. The van der Waals surface area contributed by atoms with Crippen molar-refractivity contribution in [3.05, 3.63) is 88.0 Å². The Morgan fingerprint density at radius 2 is 1.01 bits per heavy atom. The van der Waals surface area contributed by atoms with Crippen LogP contribution in [0.1, 0.15) is 116 Å². The summed E-state index contributed by atoms with van der Waals surface area (Å²) in [7, 11) is -2.05. The van der Waals surface area contributed by atoms with Gasteiger partial charge in [-0.2, -0.15) is 0 Å². The van der Waals surface area contributed by atoms with Gasteiger partial charge in [-0.25, -0.2) is 17.9 Å². The third-order valence-corrected chi connectivity index (χ3v) is 12.7. The molecule has 0 fully saturated rings. The molecule has 0 aliphatic heterocycles. The maximum absolute atomic E-state index is 12.0. The normalized spacial score (nSPS) is 12.6. The van der Waals surface area contributed by atoms with E-state index >= 15 is 0 Å². The summed E-state index contributed by atoms with van der Waals surface area (Å²) in [5, 5.41) is 43.9. The topological polar surface area (TPSA) is 233 Å². The monoisotopic (exact) mass is 1150 g/mol. The van der Waals surface area contributed by atoms with Crippen molar-refractivity contribution in [2.45, 2.75) is 149 Å². The Labute approximate surface area is 520 Å². The van der Waals surface area contributed by atoms with Crippen LogP contribution in [-0.2, 0) is 50.9 Å². The fourth-order valence-corrected chi connectivity index (χ4v) is 6.91. The van der Waals surface area contributed by atoms with E-state index in [9.17, 15) is 13.5 Å². The Hall–Kier alpha value is 0.593. The van der Waals surface area contributed by atoms with Crippen molar-refractivity contribution in [2.75, 3.05) is 44.7 Å². The summed E-state index contributed by atoms with van der Waals surface area (Å²) in [6, 6.07) is 18.6. The van der Waals surface area contributed by atoms with Crippen molar-refractivity contribution in [2.24, 2.45) is 5.73 Å². The summed E-state index contributed by atoms with van der Waals surface area (Å²) in [5.74, 6) is 2.00. The van der Waals surface area contributed by atoms with Crippen LogP contribution >= 0.6 is 27.5 Å². The molecule has 0 heterocycles. The van der Waals surface area contributed by atoms with E-state index in [1.807, 2.05) is 99.6 Å². The minimum absolute atomic E-state index is 0. The number of ether oxygens (including phenoxy) is 2. The minimum atomic E-state index is -1.03. The zero-order chi connectivity index (χ0) is 52.2. The molecule has 5 atom stereocenters. The number of aliphatic hydroxyl groups is 3. The SMILES string of the molecule is CCl.Cc1cc(CC[C@@H](C)N)ccc1OCCO.Cc1cc(CC[C@@H](C)N[S@](=O)C(C)(C)C)ccc1O.Cc1cc(CC[C@@H](C)N[S@](=O)C(C)(C)C)ccc1OCCO.O=CO[O-].OCCBr.[H-].[K+].[K+]. The molecular weight excluding hydrogens is 1060 g/mol. The van der Waals surface area contributed by atoms with E-state index in [1.165, 1.54) is 23.1 Å². The maximum Gasteiger partial charge on any atom is 1.00 e. The quantitative estimate of drug-likeness (QED) is 0.0263. The van der Waals surface area contributed by atoms with Gasteiger partial charge in [-0.05, 0) is 173 Å². The van der Waals surface area contributed by atoms with Crippen molar-refractivity contribution in [3.63, 3.8) is 0 Å².